The van der Waals surface area contributed by atoms with Crippen LogP contribution in [-0.4, -0.2) is 25.3 Å². The second kappa shape index (κ2) is 8.93. The van der Waals surface area contributed by atoms with Gasteiger partial charge >= 0.3 is 0 Å². The molecular formula is C15H31NO. The van der Waals surface area contributed by atoms with Gasteiger partial charge in [0.25, 0.3) is 0 Å². The first-order valence-corrected chi connectivity index (χ1v) is 7.61. The molecule has 17 heavy (non-hydrogen) atoms. The highest BCUT2D eigenvalue weighted by Crippen LogP contribution is 2.20. The molecule has 0 spiro atoms. The molecule has 102 valence electrons. The number of hydrogen-bond donors (Lipinski definition) is 1. The maximum absolute atomic E-state index is 5.71. The Kier molecular flexibility index (Phi) is 7.87. The van der Waals surface area contributed by atoms with Crippen molar-refractivity contribution in [3.63, 3.8) is 0 Å². The molecule has 2 heteroatoms. The van der Waals surface area contributed by atoms with E-state index in [1.54, 1.807) is 0 Å². The molecule has 1 aliphatic rings. The summed E-state index contributed by atoms with van der Waals surface area (Å²) in [6.07, 6.45) is 9.49. The number of rotatable bonds is 9. The van der Waals surface area contributed by atoms with Crippen LogP contribution >= 0.6 is 0 Å². The van der Waals surface area contributed by atoms with Crippen molar-refractivity contribution < 1.29 is 4.74 Å². The minimum absolute atomic E-state index is 0.554. The van der Waals surface area contributed by atoms with Gasteiger partial charge in [0.2, 0.25) is 0 Å². The molecular weight excluding hydrogens is 210 g/mol. The fourth-order valence-electron chi connectivity index (χ4n) is 2.56. The highest BCUT2D eigenvalue weighted by molar-refractivity contribution is 4.73. The van der Waals surface area contributed by atoms with Gasteiger partial charge in [-0.05, 0) is 51.0 Å². The normalized spacial score (nSPS) is 23.8. The SMILES string of the molecule is CCCNC(CCC1CCCO1)CC(C)CC. The summed E-state index contributed by atoms with van der Waals surface area (Å²) in [4.78, 5) is 0. The van der Waals surface area contributed by atoms with E-state index in [2.05, 4.69) is 26.1 Å². The van der Waals surface area contributed by atoms with Crippen LogP contribution in [0, 0.1) is 5.92 Å². The van der Waals surface area contributed by atoms with Gasteiger partial charge in [0, 0.05) is 12.6 Å². The van der Waals surface area contributed by atoms with Crippen LogP contribution < -0.4 is 5.32 Å². The molecule has 0 radical (unpaired) electrons. The Labute approximate surface area is 108 Å². The Morgan fingerprint density at radius 3 is 2.76 bits per heavy atom. The molecule has 0 aromatic carbocycles. The van der Waals surface area contributed by atoms with E-state index in [-0.39, 0.29) is 0 Å². The van der Waals surface area contributed by atoms with E-state index in [0.29, 0.717) is 12.1 Å². The Morgan fingerprint density at radius 1 is 1.35 bits per heavy atom. The summed E-state index contributed by atoms with van der Waals surface area (Å²) in [6, 6.07) is 0.703. The lowest BCUT2D eigenvalue weighted by Crippen LogP contribution is -2.32. The zero-order valence-electron chi connectivity index (χ0n) is 12.0. The molecule has 1 saturated heterocycles. The van der Waals surface area contributed by atoms with Crippen molar-refractivity contribution in [3.05, 3.63) is 0 Å². The Morgan fingerprint density at radius 2 is 2.18 bits per heavy atom. The summed E-state index contributed by atoms with van der Waals surface area (Å²) in [5, 5.41) is 3.70. The molecule has 1 rings (SSSR count). The van der Waals surface area contributed by atoms with E-state index in [1.165, 1.54) is 44.9 Å². The monoisotopic (exact) mass is 241 g/mol. The Bertz CT molecular complexity index is 178. The van der Waals surface area contributed by atoms with Crippen LogP contribution in [0.2, 0.25) is 0 Å². The van der Waals surface area contributed by atoms with Crippen molar-refractivity contribution in [2.24, 2.45) is 5.92 Å². The highest BCUT2D eigenvalue weighted by atomic mass is 16.5. The van der Waals surface area contributed by atoms with E-state index >= 15 is 0 Å². The van der Waals surface area contributed by atoms with E-state index in [1.807, 2.05) is 0 Å². The zero-order chi connectivity index (χ0) is 12.5. The minimum atomic E-state index is 0.554. The van der Waals surface area contributed by atoms with Crippen LogP contribution in [0.25, 0.3) is 0 Å². The van der Waals surface area contributed by atoms with Crippen molar-refractivity contribution in [1.29, 1.82) is 0 Å². The van der Waals surface area contributed by atoms with Crippen molar-refractivity contribution in [2.75, 3.05) is 13.2 Å². The number of hydrogen-bond acceptors (Lipinski definition) is 2. The Balaban J connectivity index is 2.22. The second-order valence-corrected chi connectivity index (χ2v) is 5.61. The Hall–Kier alpha value is -0.0800. The van der Waals surface area contributed by atoms with Crippen LogP contribution in [-0.2, 0) is 4.74 Å². The van der Waals surface area contributed by atoms with Gasteiger partial charge in [-0.15, -0.1) is 0 Å². The average Bonchev–Trinajstić information content (AvgIpc) is 2.85. The number of ether oxygens (including phenoxy) is 1. The van der Waals surface area contributed by atoms with Gasteiger partial charge < -0.3 is 10.1 Å². The van der Waals surface area contributed by atoms with Crippen molar-refractivity contribution in [2.45, 2.75) is 77.9 Å². The third kappa shape index (κ3) is 6.42. The van der Waals surface area contributed by atoms with Crippen molar-refractivity contribution >= 4 is 0 Å². The first-order chi connectivity index (χ1) is 8.26. The van der Waals surface area contributed by atoms with Crippen LogP contribution in [0.1, 0.15) is 65.7 Å². The van der Waals surface area contributed by atoms with Gasteiger partial charge in [0.15, 0.2) is 0 Å². The topological polar surface area (TPSA) is 21.3 Å². The van der Waals surface area contributed by atoms with Gasteiger partial charge in [0.1, 0.15) is 0 Å². The second-order valence-electron chi connectivity index (χ2n) is 5.61. The lowest BCUT2D eigenvalue weighted by molar-refractivity contribution is 0.0986. The fraction of sp³-hybridized carbons (Fsp3) is 1.00. The van der Waals surface area contributed by atoms with Gasteiger partial charge in [-0.1, -0.05) is 27.2 Å². The van der Waals surface area contributed by atoms with Crippen molar-refractivity contribution in [3.8, 4) is 0 Å². The van der Waals surface area contributed by atoms with E-state index in [4.69, 9.17) is 4.74 Å². The molecule has 1 fully saturated rings. The molecule has 3 atom stereocenters. The molecule has 0 amide bonds. The molecule has 0 aliphatic carbocycles. The summed E-state index contributed by atoms with van der Waals surface area (Å²) in [5.74, 6) is 0.842. The van der Waals surface area contributed by atoms with Crippen molar-refractivity contribution in [1.82, 2.24) is 5.32 Å². The van der Waals surface area contributed by atoms with Gasteiger partial charge in [-0.25, -0.2) is 0 Å². The molecule has 0 aromatic rings. The summed E-state index contributed by atoms with van der Waals surface area (Å²) in [6.45, 7) is 9.05. The summed E-state index contributed by atoms with van der Waals surface area (Å²) in [5.41, 5.74) is 0. The quantitative estimate of drug-likeness (QED) is 0.664. The predicted molar refractivity (Wildman–Crippen MR) is 74.4 cm³/mol. The third-order valence-electron chi connectivity index (χ3n) is 3.93. The standard InChI is InChI=1S/C15H31NO/c1-4-10-16-14(12-13(3)5-2)8-9-15-7-6-11-17-15/h13-16H,4-12H2,1-3H3. The van der Waals surface area contributed by atoms with Gasteiger partial charge in [-0.2, -0.15) is 0 Å². The average molecular weight is 241 g/mol. The maximum atomic E-state index is 5.71. The number of nitrogens with one attached hydrogen (secondary N) is 1. The molecule has 2 nitrogen and oxygen atoms in total. The summed E-state index contributed by atoms with van der Waals surface area (Å²) >= 11 is 0. The molecule has 0 aromatic heterocycles. The molecule has 1 heterocycles. The van der Waals surface area contributed by atoms with Crippen LogP contribution in [0.15, 0.2) is 0 Å². The summed E-state index contributed by atoms with van der Waals surface area (Å²) < 4.78 is 5.71. The summed E-state index contributed by atoms with van der Waals surface area (Å²) in [7, 11) is 0. The lowest BCUT2D eigenvalue weighted by atomic mass is 9.95. The first kappa shape index (κ1) is 15.0. The van der Waals surface area contributed by atoms with Crippen LogP contribution in [0.3, 0.4) is 0 Å². The largest absolute Gasteiger partial charge is 0.378 e. The zero-order valence-corrected chi connectivity index (χ0v) is 12.0. The van der Waals surface area contributed by atoms with Crippen LogP contribution in [0.4, 0.5) is 0 Å². The maximum Gasteiger partial charge on any atom is 0.0576 e. The molecule has 1 N–H and O–H groups in total. The molecule has 0 bridgehead atoms. The minimum Gasteiger partial charge on any atom is -0.378 e. The lowest BCUT2D eigenvalue weighted by Gasteiger charge is -2.23. The van der Waals surface area contributed by atoms with Crippen LogP contribution in [0.5, 0.6) is 0 Å². The highest BCUT2D eigenvalue weighted by Gasteiger charge is 2.18. The molecule has 0 saturated carbocycles. The molecule has 3 unspecified atom stereocenters. The smallest absolute Gasteiger partial charge is 0.0576 e. The van der Waals surface area contributed by atoms with Gasteiger partial charge in [0.05, 0.1) is 6.10 Å². The predicted octanol–water partition coefficient (Wildman–Crippen LogP) is 3.75. The van der Waals surface area contributed by atoms with E-state index in [9.17, 15) is 0 Å². The fourth-order valence-corrected chi connectivity index (χ4v) is 2.56. The molecule has 1 aliphatic heterocycles. The van der Waals surface area contributed by atoms with E-state index in [0.717, 1.165) is 19.1 Å². The third-order valence-corrected chi connectivity index (χ3v) is 3.93. The van der Waals surface area contributed by atoms with E-state index < -0.39 is 0 Å². The van der Waals surface area contributed by atoms with Gasteiger partial charge in [-0.3, -0.25) is 0 Å². The first-order valence-electron chi connectivity index (χ1n) is 7.61.